The van der Waals surface area contributed by atoms with Crippen molar-refractivity contribution in [3.63, 3.8) is 0 Å². The predicted molar refractivity (Wildman–Crippen MR) is 76.4 cm³/mol. The molecule has 2 N–H and O–H groups in total. The van der Waals surface area contributed by atoms with Crippen LogP contribution in [0, 0.1) is 0 Å². The number of fused-ring (bicyclic) bond motifs is 2. The Morgan fingerprint density at radius 2 is 1.67 bits per heavy atom. The van der Waals surface area contributed by atoms with Crippen molar-refractivity contribution >= 4 is 21.9 Å². The van der Waals surface area contributed by atoms with Crippen LogP contribution in [-0.2, 0) is 0 Å². The molecule has 0 aliphatic carbocycles. The van der Waals surface area contributed by atoms with Gasteiger partial charge in [0.1, 0.15) is 0 Å². The first-order valence-corrected chi connectivity index (χ1v) is 6.11. The van der Waals surface area contributed by atoms with E-state index in [9.17, 15) is 15.0 Å². The maximum Gasteiger partial charge on any atom is 0.208 e. The first-order chi connectivity index (χ1) is 10.1. The van der Waals surface area contributed by atoms with E-state index in [1.807, 2.05) is 0 Å². The quantitative estimate of drug-likeness (QED) is 0.704. The predicted octanol–water partition coefficient (Wildman–Crippen LogP) is 2.37. The first kappa shape index (κ1) is 13.1. The lowest BCUT2D eigenvalue weighted by Gasteiger charge is -2.12. The fourth-order valence-electron chi connectivity index (χ4n) is 2.32. The molecule has 0 saturated heterocycles. The van der Waals surface area contributed by atoms with E-state index < -0.39 is 0 Å². The van der Waals surface area contributed by atoms with Crippen molar-refractivity contribution in [3.05, 3.63) is 34.5 Å². The first-order valence-electron chi connectivity index (χ1n) is 6.11. The molecular weight excluding hydrogens is 276 g/mol. The third kappa shape index (κ3) is 1.76. The minimum atomic E-state index is -0.376. The lowest BCUT2D eigenvalue weighted by molar-refractivity contribution is 0.332. The second-order valence-corrected chi connectivity index (χ2v) is 4.42. The highest BCUT2D eigenvalue weighted by molar-refractivity contribution is 5.96. The van der Waals surface area contributed by atoms with Gasteiger partial charge in [-0.25, -0.2) is 0 Å². The summed E-state index contributed by atoms with van der Waals surface area (Å²) < 4.78 is 15.8. The van der Waals surface area contributed by atoms with Gasteiger partial charge in [0, 0.05) is 0 Å². The molecule has 0 unspecified atom stereocenters. The summed E-state index contributed by atoms with van der Waals surface area (Å²) in [7, 11) is 2.73. The molecule has 1 aromatic heterocycles. The Morgan fingerprint density at radius 3 is 2.33 bits per heavy atom. The van der Waals surface area contributed by atoms with E-state index in [0.717, 1.165) is 0 Å². The number of methoxy groups -OCH3 is 2. The molecule has 0 bridgehead atoms. The molecule has 108 valence electrons. The number of hydrogen-bond donors (Lipinski definition) is 2. The minimum absolute atomic E-state index is 0.0565. The number of ether oxygens (including phenoxy) is 2. The molecule has 0 saturated carbocycles. The molecule has 0 amide bonds. The zero-order valence-electron chi connectivity index (χ0n) is 11.3. The average molecular weight is 288 g/mol. The number of para-hydroxylation sites is 1. The van der Waals surface area contributed by atoms with Gasteiger partial charge in [-0.1, -0.05) is 6.07 Å². The minimum Gasteiger partial charge on any atom is -0.504 e. The second kappa shape index (κ2) is 4.59. The molecule has 0 radical (unpaired) electrons. The molecule has 0 atom stereocenters. The van der Waals surface area contributed by atoms with Crippen LogP contribution in [0.3, 0.4) is 0 Å². The lowest BCUT2D eigenvalue weighted by Crippen LogP contribution is -2.04. The van der Waals surface area contributed by atoms with Gasteiger partial charge in [-0.3, -0.25) is 4.79 Å². The van der Waals surface area contributed by atoms with Gasteiger partial charge in [-0.2, -0.15) is 0 Å². The van der Waals surface area contributed by atoms with Gasteiger partial charge < -0.3 is 24.1 Å². The summed E-state index contributed by atoms with van der Waals surface area (Å²) in [5, 5.41) is 20.1. The van der Waals surface area contributed by atoms with Crippen LogP contribution in [0.4, 0.5) is 0 Å². The molecule has 6 heteroatoms. The van der Waals surface area contributed by atoms with Crippen LogP contribution in [-0.4, -0.2) is 24.4 Å². The third-order valence-corrected chi connectivity index (χ3v) is 3.27. The van der Waals surface area contributed by atoms with Crippen LogP contribution in [0.1, 0.15) is 0 Å². The Morgan fingerprint density at radius 1 is 0.952 bits per heavy atom. The number of rotatable bonds is 2. The Labute approximate surface area is 118 Å². The van der Waals surface area contributed by atoms with Crippen LogP contribution in [0.25, 0.3) is 21.9 Å². The summed E-state index contributed by atoms with van der Waals surface area (Å²) in [5.41, 5.74) is -0.217. The average Bonchev–Trinajstić information content (AvgIpc) is 2.48. The molecule has 2 aromatic carbocycles. The van der Waals surface area contributed by atoms with Gasteiger partial charge in [0.2, 0.25) is 16.9 Å². The monoisotopic (exact) mass is 288 g/mol. The van der Waals surface area contributed by atoms with Gasteiger partial charge in [-0.05, 0) is 18.2 Å². The number of aromatic hydroxyl groups is 2. The lowest BCUT2D eigenvalue weighted by atomic mass is 10.1. The molecule has 21 heavy (non-hydrogen) atoms. The highest BCUT2D eigenvalue weighted by Gasteiger charge is 2.20. The Bertz CT molecular complexity index is 910. The Balaban J connectivity index is 2.61. The van der Waals surface area contributed by atoms with Crippen molar-refractivity contribution < 1.29 is 24.1 Å². The van der Waals surface area contributed by atoms with E-state index in [-0.39, 0.29) is 50.4 Å². The Hall–Kier alpha value is -2.89. The molecular formula is C15H12O6. The fourth-order valence-corrected chi connectivity index (χ4v) is 2.32. The normalized spacial score (nSPS) is 11.0. The van der Waals surface area contributed by atoms with Crippen molar-refractivity contribution in [2.75, 3.05) is 14.2 Å². The number of phenols is 2. The van der Waals surface area contributed by atoms with Gasteiger partial charge in [-0.15, -0.1) is 0 Å². The molecule has 1 heterocycles. The zero-order chi connectivity index (χ0) is 15.1. The van der Waals surface area contributed by atoms with Crippen molar-refractivity contribution in [2.24, 2.45) is 0 Å². The smallest absolute Gasteiger partial charge is 0.208 e. The van der Waals surface area contributed by atoms with Crippen LogP contribution >= 0.6 is 0 Å². The van der Waals surface area contributed by atoms with Crippen molar-refractivity contribution in [1.82, 2.24) is 0 Å². The number of hydrogen-bond acceptors (Lipinski definition) is 6. The van der Waals surface area contributed by atoms with E-state index in [1.54, 1.807) is 6.07 Å². The number of phenolic OH excluding ortho intramolecular Hbond substituents is 2. The Kier molecular flexibility index (Phi) is 2.86. The van der Waals surface area contributed by atoms with Crippen LogP contribution in [0.2, 0.25) is 0 Å². The molecule has 3 aromatic rings. The topological polar surface area (TPSA) is 89.1 Å². The summed E-state index contributed by atoms with van der Waals surface area (Å²) in [6.45, 7) is 0. The molecule has 0 fully saturated rings. The molecule has 0 aliphatic heterocycles. The van der Waals surface area contributed by atoms with Crippen molar-refractivity contribution in [2.45, 2.75) is 0 Å². The third-order valence-electron chi connectivity index (χ3n) is 3.27. The summed E-state index contributed by atoms with van der Waals surface area (Å²) >= 11 is 0. The van der Waals surface area contributed by atoms with Crippen molar-refractivity contribution in [1.29, 1.82) is 0 Å². The van der Waals surface area contributed by atoms with Gasteiger partial charge in [0.25, 0.3) is 0 Å². The maximum atomic E-state index is 12.5. The van der Waals surface area contributed by atoms with Crippen LogP contribution in [0.15, 0.2) is 33.5 Å². The van der Waals surface area contributed by atoms with E-state index in [1.165, 1.54) is 32.4 Å². The highest BCUT2D eigenvalue weighted by atomic mass is 16.5. The largest absolute Gasteiger partial charge is 0.504 e. The SMILES string of the molecule is COc1c(O)cc2c(=O)c3cccc(O)c3oc2c1OC. The standard InChI is InChI=1S/C15H12O6/c1-19-14-10(17)6-8-11(18)7-4-3-5-9(16)12(7)21-13(8)15(14)20-2/h3-6,16-17H,1-2H3. The summed E-state index contributed by atoms with van der Waals surface area (Å²) in [5.74, 6) is -0.230. The van der Waals surface area contributed by atoms with Gasteiger partial charge in [0.05, 0.1) is 25.0 Å². The molecule has 0 spiro atoms. The molecule has 0 aliphatic rings. The van der Waals surface area contributed by atoms with E-state index >= 15 is 0 Å². The molecule has 6 nitrogen and oxygen atoms in total. The summed E-state index contributed by atoms with van der Waals surface area (Å²) in [6.07, 6.45) is 0. The maximum absolute atomic E-state index is 12.5. The van der Waals surface area contributed by atoms with Crippen LogP contribution in [0.5, 0.6) is 23.0 Å². The van der Waals surface area contributed by atoms with Gasteiger partial charge >= 0.3 is 0 Å². The second-order valence-electron chi connectivity index (χ2n) is 4.42. The zero-order valence-corrected chi connectivity index (χ0v) is 11.3. The van der Waals surface area contributed by atoms with Crippen molar-refractivity contribution in [3.8, 4) is 23.0 Å². The van der Waals surface area contributed by atoms with E-state index in [4.69, 9.17) is 13.9 Å². The summed E-state index contributed by atoms with van der Waals surface area (Å²) in [4.78, 5) is 12.5. The fraction of sp³-hybridized carbons (Fsp3) is 0.133. The van der Waals surface area contributed by atoms with E-state index in [0.29, 0.717) is 0 Å². The van der Waals surface area contributed by atoms with E-state index in [2.05, 4.69) is 0 Å². The molecule has 3 rings (SSSR count). The number of benzene rings is 2. The highest BCUT2D eigenvalue weighted by Crippen LogP contribution is 2.43. The summed E-state index contributed by atoms with van der Waals surface area (Å²) in [6, 6.07) is 5.75. The van der Waals surface area contributed by atoms with Crippen LogP contribution < -0.4 is 14.9 Å². The van der Waals surface area contributed by atoms with Gasteiger partial charge in [0.15, 0.2) is 22.7 Å².